The first kappa shape index (κ1) is 16.1. The standard InChI is InChI=1S/C16H24ClN3O/c1-12(2)18-11-14-10-15(17)4-5-16(14)20-8-6-19(7-9-20)13(3)21/h4-5,10,12,18H,6-9,11H2,1-3H3. The fourth-order valence-electron chi connectivity index (χ4n) is 2.58. The maximum atomic E-state index is 11.4. The van der Waals surface area contributed by atoms with Gasteiger partial charge in [0.25, 0.3) is 0 Å². The molecule has 1 aliphatic heterocycles. The Morgan fingerprint density at radius 2 is 1.95 bits per heavy atom. The maximum Gasteiger partial charge on any atom is 0.219 e. The van der Waals surface area contributed by atoms with E-state index in [1.54, 1.807) is 6.92 Å². The maximum absolute atomic E-state index is 11.4. The van der Waals surface area contributed by atoms with Crippen molar-refractivity contribution in [3.8, 4) is 0 Å². The van der Waals surface area contributed by atoms with Crippen molar-refractivity contribution >= 4 is 23.2 Å². The summed E-state index contributed by atoms with van der Waals surface area (Å²) in [6, 6.07) is 6.49. The Hall–Kier alpha value is -1.26. The molecule has 0 atom stereocenters. The average Bonchev–Trinajstić information content (AvgIpc) is 2.45. The Morgan fingerprint density at radius 3 is 2.52 bits per heavy atom. The van der Waals surface area contributed by atoms with Crippen LogP contribution < -0.4 is 10.2 Å². The molecule has 116 valence electrons. The van der Waals surface area contributed by atoms with Crippen molar-refractivity contribution in [3.63, 3.8) is 0 Å². The number of rotatable bonds is 4. The zero-order valence-corrected chi connectivity index (χ0v) is 13.8. The lowest BCUT2D eigenvalue weighted by Gasteiger charge is -2.36. The highest BCUT2D eigenvalue weighted by atomic mass is 35.5. The van der Waals surface area contributed by atoms with Crippen LogP contribution in [0, 0.1) is 0 Å². The van der Waals surface area contributed by atoms with Crippen molar-refractivity contribution in [2.24, 2.45) is 0 Å². The summed E-state index contributed by atoms with van der Waals surface area (Å²) in [5.74, 6) is 0.160. The van der Waals surface area contributed by atoms with Crippen LogP contribution in [-0.4, -0.2) is 43.0 Å². The van der Waals surface area contributed by atoms with Crippen molar-refractivity contribution < 1.29 is 4.79 Å². The van der Waals surface area contributed by atoms with Gasteiger partial charge in [0.1, 0.15) is 0 Å². The number of hydrogen-bond acceptors (Lipinski definition) is 3. The fraction of sp³-hybridized carbons (Fsp3) is 0.562. The Bertz CT molecular complexity index is 496. The molecule has 1 aliphatic rings. The van der Waals surface area contributed by atoms with Crippen molar-refractivity contribution in [3.05, 3.63) is 28.8 Å². The summed E-state index contributed by atoms with van der Waals surface area (Å²) in [6.07, 6.45) is 0. The summed E-state index contributed by atoms with van der Waals surface area (Å²) >= 11 is 6.14. The lowest BCUT2D eigenvalue weighted by Crippen LogP contribution is -2.48. The highest BCUT2D eigenvalue weighted by Gasteiger charge is 2.20. The summed E-state index contributed by atoms with van der Waals surface area (Å²) in [7, 11) is 0. The first-order valence-electron chi connectivity index (χ1n) is 7.49. The number of halogens is 1. The summed E-state index contributed by atoms with van der Waals surface area (Å²) < 4.78 is 0. The Kier molecular flexibility index (Phi) is 5.48. The largest absolute Gasteiger partial charge is 0.368 e. The molecule has 0 spiro atoms. The number of nitrogens with zero attached hydrogens (tertiary/aromatic N) is 2. The molecule has 0 saturated carbocycles. The molecule has 0 aromatic heterocycles. The van der Waals surface area contributed by atoms with E-state index in [4.69, 9.17) is 11.6 Å². The molecule has 0 aliphatic carbocycles. The highest BCUT2D eigenvalue weighted by Crippen LogP contribution is 2.25. The van der Waals surface area contributed by atoms with Gasteiger partial charge >= 0.3 is 0 Å². The van der Waals surface area contributed by atoms with Crippen LogP contribution in [0.4, 0.5) is 5.69 Å². The van der Waals surface area contributed by atoms with E-state index in [2.05, 4.69) is 30.1 Å². The van der Waals surface area contributed by atoms with Crippen LogP contribution in [0.1, 0.15) is 26.3 Å². The predicted molar refractivity (Wildman–Crippen MR) is 87.9 cm³/mol. The second-order valence-corrected chi connectivity index (χ2v) is 6.24. The summed E-state index contributed by atoms with van der Waals surface area (Å²) in [5, 5.41) is 4.21. The Balaban J connectivity index is 2.10. The third-order valence-corrected chi connectivity index (χ3v) is 4.04. The van der Waals surface area contributed by atoms with Crippen molar-refractivity contribution in [1.82, 2.24) is 10.2 Å². The Labute approximate surface area is 132 Å². The highest BCUT2D eigenvalue weighted by molar-refractivity contribution is 6.30. The molecule has 0 unspecified atom stereocenters. The van der Waals surface area contributed by atoms with Gasteiger partial charge < -0.3 is 15.1 Å². The molecule has 5 heteroatoms. The lowest BCUT2D eigenvalue weighted by atomic mass is 10.1. The van der Waals surface area contributed by atoms with E-state index < -0.39 is 0 Å². The summed E-state index contributed by atoms with van der Waals surface area (Å²) in [6.45, 7) is 10.0. The van der Waals surface area contributed by atoms with Crippen molar-refractivity contribution in [2.75, 3.05) is 31.1 Å². The number of anilines is 1. The predicted octanol–water partition coefficient (Wildman–Crippen LogP) is 2.51. The molecule has 1 saturated heterocycles. The van der Waals surface area contributed by atoms with Crippen molar-refractivity contribution in [1.29, 1.82) is 0 Å². The molecule has 21 heavy (non-hydrogen) atoms. The smallest absolute Gasteiger partial charge is 0.219 e. The van der Waals surface area contributed by atoms with E-state index >= 15 is 0 Å². The van der Waals surface area contributed by atoms with Gasteiger partial charge in [0.15, 0.2) is 0 Å². The number of nitrogens with one attached hydrogen (secondary N) is 1. The van der Waals surface area contributed by atoms with E-state index in [1.807, 2.05) is 17.0 Å². The van der Waals surface area contributed by atoms with Gasteiger partial charge in [0.05, 0.1) is 0 Å². The van der Waals surface area contributed by atoms with Gasteiger partial charge in [-0.1, -0.05) is 25.4 Å². The molecular formula is C16H24ClN3O. The molecule has 1 amide bonds. The van der Waals surface area contributed by atoms with Crippen LogP contribution in [0.25, 0.3) is 0 Å². The number of piperazine rings is 1. The second kappa shape index (κ2) is 7.14. The molecule has 1 aromatic carbocycles. The van der Waals surface area contributed by atoms with Gasteiger partial charge in [-0.05, 0) is 23.8 Å². The van der Waals surface area contributed by atoms with Gasteiger partial charge in [-0.3, -0.25) is 4.79 Å². The SMILES string of the molecule is CC(=O)N1CCN(c2ccc(Cl)cc2CNC(C)C)CC1. The number of hydrogen-bond donors (Lipinski definition) is 1. The van der Waals surface area contributed by atoms with E-state index in [0.29, 0.717) is 6.04 Å². The molecule has 1 N–H and O–H groups in total. The minimum Gasteiger partial charge on any atom is -0.368 e. The molecule has 1 aromatic rings. The van der Waals surface area contributed by atoms with E-state index in [0.717, 1.165) is 37.7 Å². The van der Waals surface area contributed by atoms with Crippen LogP contribution in [0.5, 0.6) is 0 Å². The van der Waals surface area contributed by atoms with E-state index in [-0.39, 0.29) is 5.91 Å². The topological polar surface area (TPSA) is 35.6 Å². The summed E-state index contributed by atoms with van der Waals surface area (Å²) in [4.78, 5) is 15.7. The summed E-state index contributed by atoms with van der Waals surface area (Å²) in [5.41, 5.74) is 2.43. The zero-order chi connectivity index (χ0) is 15.4. The molecule has 2 rings (SSSR count). The lowest BCUT2D eigenvalue weighted by molar-refractivity contribution is -0.129. The minimum atomic E-state index is 0.160. The number of carbonyl (C=O) groups excluding carboxylic acids is 1. The zero-order valence-electron chi connectivity index (χ0n) is 13.0. The first-order chi connectivity index (χ1) is 9.97. The number of carbonyl (C=O) groups is 1. The molecule has 0 bridgehead atoms. The van der Waals surface area contributed by atoms with Gasteiger partial charge in [-0.2, -0.15) is 0 Å². The normalized spacial score (nSPS) is 15.7. The molecular weight excluding hydrogens is 286 g/mol. The van der Waals surface area contributed by atoms with E-state index in [9.17, 15) is 4.79 Å². The monoisotopic (exact) mass is 309 g/mol. The van der Waals surface area contributed by atoms with Crippen LogP contribution in [0.3, 0.4) is 0 Å². The third-order valence-electron chi connectivity index (χ3n) is 3.81. The molecule has 1 heterocycles. The van der Waals surface area contributed by atoms with Crippen LogP contribution in [0.2, 0.25) is 5.02 Å². The second-order valence-electron chi connectivity index (χ2n) is 5.80. The molecule has 4 nitrogen and oxygen atoms in total. The number of amides is 1. The van der Waals surface area contributed by atoms with E-state index in [1.165, 1.54) is 11.3 Å². The third kappa shape index (κ3) is 4.35. The van der Waals surface area contributed by atoms with Gasteiger partial charge in [0.2, 0.25) is 5.91 Å². The molecule has 1 fully saturated rings. The van der Waals surface area contributed by atoms with Crippen molar-refractivity contribution in [2.45, 2.75) is 33.4 Å². The molecule has 0 radical (unpaired) electrons. The van der Waals surface area contributed by atoms with Crippen LogP contribution >= 0.6 is 11.6 Å². The fourth-order valence-corrected chi connectivity index (χ4v) is 2.78. The van der Waals surface area contributed by atoms with Gasteiger partial charge in [-0.25, -0.2) is 0 Å². The van der Waals surface area contributed by atoms with Gasteiger partial charge in [-0.15, -0.1) is 0 Å². The first-order valence-corrected chi connectivity index (χ1v) is 7.87. The van der Waals surface area contributed by atoms with Crippen LogP contribution in [0.15, 0.2) is 18.2 Å². The van der Waals surface area contributed by atoms with Gasteiger partial charge in [0, 0.05) is 56.4 Å². The Morgan fingerprint density at radius 1 is 1.29 bits per heavy atom. The average molecular weight is 310 g/mol. The van der Waals surface area contributed by atoms with Crippen LogP contribution in [-0.2, 0) is 11.3 Å². The minimum absolute atomic E-state index is 0.160. The quantitative estimate of drug-likeness (QED) is 0.928. The number of benzene rings is 1.